The Balaban J connectivity index is 1.96. The van der Waals surface area contributed by atoms with Crippen LogP contribution >= 0.6 is 11.6 Å². The van der Waals surface area contributed by atoms with Gasteiger partial charge in [0.1, 0.15) is 11.5 Å². The third-order valence-corrected chi connectivity index (χ3v) is 6.18. The third-order valence-electron chi connectivity index (χ3n) is 5.93. The number of fused-ring (bicyclic) bond motifs is 1. The van der Waals surface area contributed by atoms with Crippen molar-refractivity contribution in [3.8, 4) is 22.5 Å². The SMILES string of the molecule is CCOC(=O)c1cc2oc(-c3ccccc3)c(-c3ccc(Cl)cc3)c2n1CCN(CC)CC. The summed E-state index contributed by atoms with van der Waals surface area (Å²) in [6.07, 6.45) is 0. The van der Waals surface area contributed by atoms with Gasteiger partial charge in [0.25, 0.3) is 0 Å². The van der Waals surface area contributed by atoms with Crippen molar-refractivity contribution in [2.24, 2.45) is 0 Å². The van der Waals surface area contributed by atoms with E-state index in [1.807, 2.05) is 66.1 Å². The number of esters is 1. The molecule has 0 saturated carbocycles. The van der Waals surface area contributed by atoms with Crippen LogP contribution in [0.5, 0.6) is 0 Å². The number of furan rings is 1. The highest BCUT2D eigenvalue weighted by Gasteiger charge is 2.26. The topological polar surface area (TPSA) is 47.6 Å². The average molecular weight is 465 g/mol. The molecule has 5 nitrogen and oxygen atoms in total. The van der Waals surface area contributed by atoms with Gasteiger partial charge in [-0.05, 0) is 37.7 Å². The summed E-state index contributed by atoms with van der Waals surface area (Å²) in [7, 11) is 0. The zero-order chi connectivity index (χ0) is 23.4. The monoisotopic (exact) mass is 464 g/mol. The molecule has 0 radical (unpaired) electrons. The van der Waals surface area contributed by atoms with Crippen LogP contribution in [0.4, 0.5) is 0 Å². The number of aromatic nitrogens is 1. The minimum atomic E-state index is -0.341. The van der Waals surface area contributed by atoms with E-state index in [1.54, 1.807) is 6.07 Å². The number of ether oxygens (including phenoxy) is 1. The minimum Gasteiger partial charge on any atom is -0.461 e. The number of benzene rings is 2. The van der Waals surface area contributed by atoms with Gasteiger partial charge in [0, 0.05) is 29.7 Å². The molecule has 0 bridgehead atoms. The molecular formula is C27H29ClN2O3. The van der Waals surface area contributed by atoms with Crippen molar-refractivity contribution < 1.29 is 13.9 Å². The molecule has 0 unspecified atom stereocenters. The molecule has 2 aromatic heterocycles. The smallest absolute Gasteiger partial charge is 0.355 e. The van der Waals surface area contributed by atoms with E-state index < -0.39 is 0 Å². The van der Waals surface area contributed by atoms with Gasteiger partial charge >= 0.3 is 5.97 Å². The summed E-state index contributed by atoms with van der Waals surface area (Å²) in [5, 5.41) is 0.670. The number of hydrogen-bond acceptors (Lipinski definition) is 4. The maximum atomic E-state index is 12.8. The Morgan fingerprint density at radius 1 is 1.00 bits per heavy atom. The Morgan fingerprint density at radius 2 is 1.70 bits per heavy atom. The lowest BCUT2D eigenvalue weighted by Crippen LogP contribution is -2.28. The second-order valence-corrected chi connectivity index (χ2v) is 8.26. The van der Waals surface area contributed by atoms with Gasteiger partial charge in [0.05, 0.1) is 17.7 Å². The number of halogens is 1. The first-order valence-corrected chi connectivity index (χ1v) is 11.8. The van der Waals surface area contributed by atoms with Crippen molar-refractivity contribution in [1.82, 2.24) is 9.47 Å². The van der Waals surface area contributed by atoms with Gasteiger partial charge < -0.3 is 18.6 Å². The van der Waals surface area contributed by atoms with Crippen LogP contribution in [0, 0.1) is 0 Å². The van der Waals surface area contributed by atoms with Crippen LogP contribution < -0.4 is 0 Å². The Labute approximate surface area is 199 Å². The van der Waals surface area contributed by atoms with Crippen LogP contribution in [-0.2, 0) is 11.3 Å². The molecule has 0 atom stereocenters. The van der Waals surface area contributed by atoms with Crippen molar-refractivity contribution in [3.63, 3.8) is 0 Å². The molecule has 4 rings (SSSR count). The lowest BCUT2D eigenvalue weighted by Gasteiger charge is -2.20. The second-order valence-electron chi connectivity index (χ2n) is 7.82. The molecule has 2 aromatic carbocycles. The largest absolute Gasteiger partial charge is 0.461 e. The molecular weight excluding hydrogens is 436 g/mol. The van der Waals surface area contributed by atoms with Gasteiger partial charge in [-0.15, -0.1) is 0 Å². The highest BCUT2D eigenvalue weighted by Crippen LogP contribution is 2.42. The molecule has 0 aliphatic heterocycles. The standard InChI is InChI=1S/C27H29ClN2O3/c1-4-29(5-2)16-17-30-22(27(31)32-6-3)18-23-25(30)24(19-12-14-21(28)15-13-19)26(33-23)20-10-8-7-9-11-20/h7-15,18H,4-6,16-17H2,1-3H3. The number of hydrogen-bond donors (Lipinski definition) is 0. The molecule has 0 saturated heterocycles. The van der Waals surface area contributed by atoms with E-state index in [2.05, 4.69) is 18.7 Å². The summed E-state index contributed by atoms with van der Waals surface area (Å²) in [4.78, 5) is 15.2. The van der Waals surface area contributed by atoms with Gasteiger partial charge in [0.2, 0.25) is 0 Å². The van der Waals surface area contributed by atoms with E-state index in [1.165, 1.54) is 0 Å². The summed E-state index contributed by atoms with van der Waals surface area (Å²) < 4.78 is 13.8. The number of carbonyl (C=O) groups is 1. The molecule has 0 spiro atoms. The van der Waals surface area contributed by atoms with E-state index in [0.29, 0.717) is 29.5 Å². The summed E-state index contributed by atoms with van der Waals surface area (Å²) >= 11 is 6.18. The third kappa shape index (κ3) is 4.70. The molecule has 2 heterocycles. The number of rotatable bonds is 9. The molecule has 0 aliphatic rings. The van der Waals surface area contributed by atoms with Crippen molar-refractivity contribution in [1.29, 1.82) is 0 Å². The molecule has 0 amide bonds. The lowest BCUT2D eigenvalue weighted by molar-refractivity contribution is 0.0513. The fourth-order valence-electron chi connectivity index (χ4n) is 4.19. The molecule has 33 heavy (non-hydrogen) atoms. The summed E-state index contributed by atoms with van der Waals surface area (Å²) in [5.74, 6) is 0.432. The van der Waals surface area contributed by atoms with E-state index in [0.717, 1.165) is 47.6 Å². The van der Waals surface area contributed by atoms with Gasteiger partial charge in [-0.3, -0.25) is 0 Å². The van der Waals surface area contributed by atoms with E-state index in [4.69, 9.17) is 20.8 Å². The fraction of sp³-hybridized carbons (Fsp3) is 0.296. The predicted octanol–water partition coefficient (Wildman–Crippen LogP) is 6.74. The predicted molar refractivity (Wildman–Crippen MR) is 134 cm³/mol. The first-order chi connectivity index (χ1) is 16.1. The van der Waals surface area contributed by atoms with Crippen LogP contribution in [0.2, 0.25) is 5.02 Å². The van der Waals surface area contributed by atoms with Crippen LogP contribution in [0.25, 0.3) is 33.6 Å². The molecule has 6 heteroatoms. The zero-order valence-corrected chi connectivity index (χ0v) is 20.1. The van der Waals surface area contributed by atoms with E-state index in [-0.39, 0.29) is 5.97 Å². The summed E-state index contributed by atoms with van der Waals surface area (Å²) in [6.45, 7) is 9.78. The zero-order valence-electron chi connectivity index (χ0n) is 19.3. The Morgan fingerprint density at radius 3 is 2.33 bits per heavy atom. The normalized spacial score (nSPS) is 11.4. The number of carbonyl (C=O) groups excluding carboxylic acids is 1. The quantitative estimate of drug-likeness (QED) is 0.257. The lowest BCUT2D eigenvalue weighted by atomic mass is 10.0. The van der Waals surface area contributed by atoms with Gasteiger partial charge in [-0.25, -0.2) is 4.79 Å². The average Bonchev–Trinajstić information content (AvgIpc) is 3.38. The molecule has 172 valence electrons. The van der Waals surface area contributed by atoms with Crippen LogP contribution in [-0.4, -0.2) is 41.7 Å². The minimum absolute atomic E-state index is 0.320. The Hall–Kier alpha value is -3.02. The number of likely N-dealkylation sites (N-methyl/N-ethyl adjacent to an activating group) is 1. The van der Waals surface area contributed by atoms with Crippen LogP contribution in [0.3, 0.4) is 0 Å². The highest BCUT2D eigenvalue weighted by molar-refractivity contribution is 6.30. The molecule has 0 N–H and O–H groups in total. The summed E-state index contributed by atoms with van der Waals surface area (Å²) in [5.41, 5.74) is 4.98. The van der Waals surface area contributed by atoms with Crippen molar-refractivity contribution in [2.45, 2.75) is 27.3 Å². The van der Waals surface area contributed by atoms with Gasteiger partial charge in [-0.1, -0.05) is 67.9 Å². The highest BCUT2D eigenvalue weighted by atomic mass is 35.5. The first kappa shape index (κ1) is 23.1. The Kier molecular flexibility index (Phi) is 7.21. The van der Waals surface area contributed by atoms with Crippen molar-refractivity contribution in [3.05, 3.63) is 71.4 Å². The van der Waals surface area contributed by atoms with Crippen molar-refractivity contribution in [2.75, 3.05) is 26.2 Å². The first-order valence-electron chi connectivity index (χ1n) is 11.4. The van der Waals surface area contributed by atoms with E-state index in [9.17, 15) is 4.79 Å². The maximum absolute atomic E-state index is 12.8. The van der Waals surface area contributed by atoms with Crippen LogP contribution in [0.1, 0.15) is 31.3 Å². The van der Waals surface area contributed by atoms with Gasteiger partial charge in [-0.2, -0.15) is 0 Å². The molecule has 0 aliphatic carbocycles. The Bertz CT molecular complexity index is 1220. The molecule has 0 fully saturated rings. The van der Waals surface area contributed by atoms with E-state index >= 15 is 0 Å². The molecule has 4 aromatic rings. The fourth-order valence-corrected chi connectivity index (χ4v) is 4.32. The maximum Gasteiger partial charge on any atom is 0.355 e. The van der Waals surface area contributed by atoms with Gasteiger partial charge in [0.15, 0.2) is 5.58 Å². The second kappa shape index (κ2) is 10.3. The number of nitrogens with zero attached hydrogens (tertiary/aromatic N) is 2. The summed E-state index contributed by atoms with van der Waals surface area (Å²) in [6, 6.07) is 19.6. The van der Waals surface area contributed by atoms with Crippen molar-refractivity contribution >= 4 is 28.7 Å². The van der Waals surface area contributed by atoms with Crippen LogP contribution in [0.15, 0.2) is 65.1 Å².